The molecule has 0 bridgehead atoms. The number of benzene rings is 1. The van der Waals surface area contributed by atoms with Crippen molar-refractivity contribution in [3.8, 4) is 5.75 Å². The summed E-state index contributed by atoms with van der Waals surface area (Å²) in [5, 5.41) is 6.04. The average molecular weight is 328 g/mol. The van der Waals surface area contributed by atoms with E-state index in [2.05, 4.69) is 32.7 Å². The van der Waals surface area contributed by atoms with Crippen molar-refractivity contribution in [1.82, 2.24) is 15.3 Å². The molecule has 2 N–H and O–H groups in total. The number of anilines is 1. The zero-order valence-corrected chi connectivity index (χ0v) is 14.2. The summed E-state index contributed by atoms with van der Waals surface area (Å²) in [6.45, 7) is 2.54. The first-order valence-electron chi connectivity index (χ1n) is 8.10. The van der Waals surface area contributed by atoms with Crippen molar-refractivity contribution >= 4 is 11.9 Å². The molecule has 0 spiro atoms. The smallest absolute Gasteiger partial charge is 0.222 e. The Hall–Kier alpha value is -2.63. The molecule has 1 aromatic heterocycles. The molecule has 1 atom stereocenters. The van der Waals surface area contributed by atoms with Crippen molar-refractivity contribution in [3.63, 3.8) is 0 Å². The van der Waals surface area contributed by atoms with Crippen molar-refractivity contribution in [1.29, 1.82) is 0 Å². The second kappa shape index (κ2) is 9.50. The Morgan fingerprint density at radius 3 is 2.58 bits per heavy atom. The van der Waals surface area contributed by atoms with Crippen LogP contribution < -0.4 is 15.4 Å². The molecule has 6 heteroatoms. The Kier molecular flexibility index (Phi) is 7.01. The van der Waals surface area contributed by atoms with Crippen LogP contribution >= 0.6 is 0 Å². The lowest BCUT2D eigenvalue weighted by Crippen LogP contribution is -2.33. The standard InChI is InChI=1S/C18H24N4O2/c1-14(4-5-15-6-8-16(24-2)9-7-15)22-17(23)10-13-21-18-19-11-3-12-20-18/h3,6-9,11-12,14H,4-5,10,13H2,1-2H3,(H,22,23)(H,19,20,21). The zero-order chi connectivity index (χ0) is 17.2. The number of ether oxygens (including phenoxy) is 1. The van der Waals surface area contributed by atoms with Gasteiger partial charge >= 0.3 is 0 Å². The van der Waals surface area contributed by atoms with Gasteiger partial charge < -0.3 is 15.4 Å². The number of hydrogen-bond acceptors (Lipinski definition) is 5. The van der Waals surface area contributed by atoms with Crippen LogP contribution in [0.1, 0.15) is 25.3 Å². The average Bonchev–Trinajstić information content (AvgIpc) is 2.61. The van der Waals surface area contributed by atoms with Crippen LogP contribution in [-0.2, 0) is 11.2 Å². The predicted octanol–water partition coefficient (Wildman–Crippen LogP) is 2.42. The molecule has 2 aromatic rings. The maximum Gasteiger partial charge on any atom is 0.222 e. The molecule has 2 rings (SSSR count). The highest BCUT2D eigenvalue weighted by Gasteiger charge is 2.08. The summed E-state index contributed by atoms with van der Waals surface area (Å²) >= 11 is 0. The Bertz CT molecular complexity index is 617. The third-order valence-corrected chi connectivity index (χ3v) is 3.63. The van der Waals surface area contributed by atoms with Gasteiger partial charge in [-0.1, -0.05) is 12.1 Å². The van der Waals surface area contributed by atoms with Crippen molar-refractivity contribution < 1.29 is 9.53 Å². The van der Waals surface area contributed by atoms with Crippen LogP contribution in [0.15, 0.2) is 42.7 Å². The molecule has 0 aliphatic carbocycles. The molecule has 0 fully saturated rings. The molecule has 1 heterocycles. The Labute approximate surface area is 142 Å². The SMILES string of the molecule is COc1ccc(CCC(C)NC(=O)CCNc2ncccn2)cc1. The fourth-order valence-corrected chi connectivity index (χ4v) is 2.27. The maximum atomic E-state index is 11.9. The number of nitrogens with zero attached hydrogens (tertiary/aromatic N) is 2. The predicted molar refractivity (Wildman–Crippen MR) is 94.1 cm³/mol. The lowest BCUT2D eigenvalue weighted by molar-refractivity contribution is -0.121. The third-order valence-electron chi connectivity index (χ3n) is 3.63. The number of aryl methyl sites for hydroxylation is 1. The van der Waals surface area contributed by atoms with Gasteiger partial charge in [-0.05, 0) is 43.5 Å². The van der Waals surface area contributed by atoms with Crippen LogP contribution in [0.4, 0.5) is 5.95 Å². The van der Waals surface area contributed by atoms with Gasteiger partial charge in [0, 0.05) is 31.4 Å². The van der Waals surface area contributed by atoms with Crippen LogP contribution in [0.5, 0.6) is 5.75 Å². The summed E-state index contributed by atoms with van der Waals surface area (Å²) in [5.74, 6) is 1.42. The van der Waals surface area contributed by atoms with E-state index in [1.807, 2.05) is 19.1 Å². The van der Waals surface area contributed by atoms with Gasteiger partial charge in [-0.2, -0.15) is 0 Å². The minimum atomic E-state index is 0.0284. The Balaban J connectivity index is 1.63. The summed E-state index contributed by atoms with van der Waals surface area (Å²) in [6.07, 6.45) is 5.53. The van der Waals surface area contributed by atoms with Gasteiger partial charge in [0.15, 0.2) is 0 Å². The zero-order valence-electron chi connectivity index (χ0n) is 14.2. The van der Waals surface area contributed by atoms with Crippen molar-refractivity contribution in [2.45, 2.75) is 32.2 Å². The minimum absolute atomic E-state index is 0.0284. The second-order valence-corrected chi connectivity index (χ2v) is 5.60. The molecule has 0 radical (unpaired) electrons. The first-order chi connectivity index (χ1) is 11.7. The number of carbonyl (C=O) groups excluding carboxylic acids is 1. The van der Waals surface area contributed by atoms with E-state index in [0.717, 1.165) is 18.6 Å². The lowest BCUT2D eigenvalue weighted by Gasteiger charge is -2.14. The van der Waals surface area contributed by atoms with Crippen LogP contribution in [0.2, 0.25) is 0 Å². The number of nitrogens with one attached hydrogen (secondary N) is 2. The summed E-state index contributed by atoms with van der Waals surface area (Å²) < 4.78 is 5.15. The third kappa shape index (κ3) is 6.24. The van der Waals surface area contributed by atoms with E-state index in [1.165, 1.54) is 5.56 Å². The van der Waals surface area contributed by atoms with Crippen LogP contribution in [0, 0.1) is 0 Å². The Morgan fingerprint density at radius 2 is 1.92 bits per heavy atom. The lowest BCUT2D eigenvalue weighted by atomic mass is 10.1. The maximum absolute atomic E-state index is 11.9. The topological polar surface area (TPSA) is 76.1 Å². The van der Waals surface area contributed by atoms with E-state index >= 15 is 0 Å². The monoisotopic (exact) mass is 328 g/mol. The highest BCUT2D eigenvalue weighted by atomic mass is 16.5. The summed E-state index contributed by atoms with van der Waals surface area (Å²) in [4.78, 5) is 20.0. The van der Waals surface area contributed by atoms with Crippen molar-refractivity contribution in [2.24, 2.45) is 0 Å². The van der Waals surface area contributed by atoms with Crippen LogP contribution in [-0.4, -0.2) is 35.6 Å². The molecule has 1 aromatic carbocycles. The molecule has 128 valence electrons. The molecule has 0 saturated carbocycles. The molecule has 0 aliphatic rings. The van der Waals surface area contributed by atoms with Gasteiger partial charge in [-0.3, -0.25) is 4.79 Å². The first kappa shape index (κ1) is 17.7. The van der Waals surface area contributed by atoms with E-state index in [4.69, 9.17) is 4.74 Å². The van der Waals surface area contributed by atoms with Gasteiger partial charge in [-0.15, -0.1) is 0 Å². The number of rotatable bonds is 9. The van der Waals surface area contributed by atoms with Crippen molar-refractivity contribution in [2.75, 3.05) is 19.0 Å². The largest absolute Gasteiger partial charge is 0.497 e. The van der Waals surface area contributed by atoms with Gasteiger partial charge in [0.2, 0.25) is 11.9 Å². The van der Waals surface area contributed by atoms with E-state index in [1.54, 1.807) is 25.6 Å². The molecule has 1 amide bonds. The summed E-state index contributed by atoms with van der Waals surface area (Å²) in [5.41, 5.74) is 1.24. The van der Waals surface area contributed by atoms with Crippen LogP contribution in [0.25, 0.3) is 0 Å². The fraction of sp³-hybridized carbons (Fsp3) is 0.389. The molecule has 0 saturated heterocycles. The minimum Gasteiger partial charge on any atom is -0.497 e. The number of carbonyl (C=O) groups is 1. The fourth-order valence-electron chi connectivity index (χ4n) is 2.27. The molecular formula is C18H24N4O2. The molecular weight excluding hydrogens is 304 g/mol. The van der Waals surface area contributed by atoms with E-state index in [-0.39, 0.29) is 11.9 Å². The highest BCUT2D eigenvalue weighted by molar-refractivity contribution is 5.76. The highest BCUT2D eigenvalue weighted by Crippen LogP contribution is 2.13. The van der Waals surface area contributed by atoms with E-state index in [0.29, 0.717) is 18.9 Å². The van der Waals surface area contributed by atoms with E-state index in [9.17, 15) is 4.79 Å². The first-order valence-corrected chi connectivity index (χ1v) is 8.10. The second-order valence-electron chi connectivity index (χ2n) is 5.60. The quantitative estimate of drug-likeness (QED) is 0.739. The molecule has 0 aliphatic heterocycles. The van der Waals surface area contributed by atoms with Gasteiger partial charge in [-0.25, -0.2) is 9.97 Å². The Morgan fingerprint density at radius 1 is 1.21 bits per heavy atom. The normalized spacial score (nSPS) is 11.6. The number of hydrogen-bond donors (Lipinski definition) is 2. The number of aromatic nitrogens is 2. The number of amides is 1. The summed E-state index contributed by atoms with van der Waals surface area (Å²) in [6, 6.07) is 9.90. The van der Waals surface area contributed by atoms with Gasteiger partial charge in [0.25, 0.3) is 0 Å². The van der Waals surface area contributed by atoms with Gasteiger partial charge in [0.1, 0.15) is 5.75 Å². The van der Waals surface area contributed by atoms with Crippen molar-refractivity contribution in [3.05, 3.63) is 48.3 Å². The number of methoxy groups -OCH3 is 1. The van der Waals surface area contributed by atoms with Gasteiger partial charge in [0.05, 0.1) is 7.11 Å². The van der Waals surface area contributed by atoms with E-state index < -0.39 is 0 Å². The van der Waals surface area contributed by atoms with Crippen LogP contribution in [0.3, 0.4) is 0 Å². The molecule has 24 heavy (non-hydrogen) atoms. The molecule has 6 nitrogen and oxygen atoms in total. The molecule has 1 unspecified atom stereocenters. The summed E-state index contributed by atoms with van der Waals surface area (Å²) in [7, 11) is 1.66.